The fourth-order valence-corrected chi connectivity index (χ4v) is 2.69. The maximum absolute atomic E-state index is 12.5. The largest absolute Gasteiger partial charge is 0.481 e. The summed E-state index contributed by atoms with van der Waals surface area (Å²) in [7, 11) is 0. The maximum Gasteiger partial charge on any atom is 0.416 e. The van der Waals surface area contributed by atoms with Gasteiger partial charge < -0.3 is 5.11 Å². The van der Waals surface area contributed by atoms with Crippen LogP contribution >= 0.6 is 11.3 Å². The van der Waals surface area contributed by atoms with E-state index in [1.165, 1.54) is 23.5 Å². The Morgan fingerprint density at radius 2 is 1.78 bits per heavy atom. The predicted octanol–water partition coefficient (Wildman–Crippen LogP) is 3.81. The minimum absolute atomic E-state index is 0.0183. The monoisotopic (exact) mass is 343 g/mol. The van der Waals surface area contributed by atoms with Crippen molar-refractivity contribution in [3.63, 3.8) is 0 Å². The SMILES string of the molecule is O=C(O)CCC(=O)Cc1csc(-c2ccc(C(F)(F)F)cc2)n1. The highest BCUT2D eigenvalue weighted by molar-refractivity contribution is 7.13. The predicted molar refractivity (Wildman–Crippen MR) is 78.1 cm³/mol. The first-order valence-electron chi connectivity index (χ1n) is 6.61. The number of alkyl halides is 3. The minimum Gasteiger partial charge on any atom is -0.481 e. The van der Waals surface area contributed by atoms with Gasteiger partial charge in [0, 0.05) is 23.8 Å². The van der Waals surface area contributed by atoms with Crippen LogP contribution in [0.3, 0.4) is 0 Å². The number of thiazole rings is 1. The number of ketones is 1. The van der Waals surface area contributed by atoms with E-state index < -0.39 is 17.7 Å². The molecule has 1 aromatic heterocycles. The normalized spacial score (nSPS) is 11.4. The highest BCUT2D eigenvalue weighted by Gasteiger charge is 2.30. The van der Waals surface area contributed by atoms with Crippen molar-refractivity contribution in [2.45, 2.75) is 25.4 Å². The van der Waals surface area contributed by atoms with E-state index in [0.717, 1.165) is 12.1 Å². The number of carboxylic acid groups (broad SMARTS) is 1. The first-order valence-corrected chi connectivity index (χ1v) is 7.49. The molecule has 1 aromatic carbocycles. The van der Waals surface area contributed by atoms with Crippen LogP contribution in [0, 0.1) is 0 Å². The molecule has 0 saturated heterocycles. The number of nitrogens with zero attached hydrogens (tertiary/aromatic N) is 1. The van der Waals surface area contributed by atoms with Crippen LogP contribution in [0.25, 0.3) is 10.6 Å². The number of halogens is 3. The highest BCUT2D eigenvalue weighted by Crippen LogP contribution is 2.31. The summed E-state index contributed by atoms with van der Waals surface area (Å²) in [6.07, 6.45) is -4.66. The minimum atomic E-state index is -4.39. The molecule has 122 valence electrons. The van der Waals surface area contributed by atoms with Gasteiger partial charge in [-0.1, -0.05) is 12.1 Å². The number of hydrogen-bond donors (Lipinski definition) is 1. The zero-order valence-corrected chi connectivity index (χ0v) is 12.6. The molecule has 0 atom stereocenters. The molecule has 2 aromatic rings. The molecule has 1 N–H and O–H groups in total. The molecule has 2 rings (SSSR count). The molecule has 0 spiro atoms. The highest BCUT2D eigenvalue weighted by atomic mass is 32.1. The van der Waals surface area contributed by atoms with Gasteiger partial charge in [-0.3, -0.25) is 9.59 Å². The number of aromatic nitrogens is 1. The molecule has 0 unspecified atom stereocenters. The average Bonchev–Trinajstić information content (AvgIpc) is 2.93. The second-order valence-corrected chi connectivity index (χ2v) is 5.69. The number of carbonyl (C=O) groups excluding carboxylic acids is 1. The zero-order chi connectivity index (χ0) is 17.0. The van der Waals surface area contributed by atoms with Gasteiger partial charge >= 0.3 is 12.1 Å². The molecule has 0 radical (unpaired) electrons. The third-order valence-corrected chi connectivity index (χ3v) is 3.95. The van der Waals surface area contributed by atoms with E-state index in [-0.39, 0.29) is 25.0 Å². The molecule has 23 heavy (non-hydrogen) atoms. The van der Waals surface area contributed by atoms with Crippen LogP contribution in [0.4, 0.5) is 13.2 Å². The summed E-state index contributed by atoms with van der Waals surface area (Å²) in [5.41, 5.74) is 0.286. The second-order valence-electron chi connectivity index (χ2n) is 4.83. The van der Waals surface area contributed by atoms with E-state index in [2.05, 4.69) is 4.98 Å². The topological polar surface area (TPSA) is 67.3 Å². The molecule has 0 aliphatic carbocycles. The van der Waals surface area contributed by atoms with Crippen LogP contribution in [0.2, 0.25) is 0 Å². The van der Waals surface area contributed by atoms with Crippen LogP contribution in [0.15, 0.2) is 29.6 Å². The first-order chi connectivity index (χ1) is 10.8. The van der Waals surface area contributed by atoms with Gasteiger partial charge in [0.25, 0.3) is 0 Å². The van der Waals surface area contributed by atoms with E-state index in [0.29, 0.717) is 16.3 Å². The number of rotatable bonds is 6. The van der Waals surface area contributed by atoms with Gasteiger partial charge in [-0.25, -0.2) is 4.98 Å². The zero-order valence-electron chi connectivity index (χ0n) is 11.8. The second kappa shape index (κ2) is 6.91. The van der Waals surface area contributed by atoms with Gasteiger partial charge in [0.15, 0.2) is 0 Å². The summed E-state index contributed by atoms with van der Waals surface area (Å²) < 4.78 is 37.5. The van der Waals surface area contributed by atoms with Crippen molar-refractivity contribution in [1.29, 1.82) is 0 Å². The smallest absolute Gasteiger partial charge is 0.416 e. The molecular formula is C15H12F3NO3S. The van der Waals surface area contributed by atoms with Gasteiger partial charge in [-0.15, -0.1) is 11.3 Å². The summed E-state index contributed by atoms with van der Waals surface area (Å²) in [5, 5.41) is 10.7. The van der Waals surface area contributed by atoms with Crippen molar-refractivity contribution >= 4 is 23.1 Å². The summed E-state index contributed by atoms with van der Waals surface area (Å²) in [5.74, 6) is -1.28. The lowest BCUT2D eigenvalue weighted by atomic mass is 10.1. The molecule has 0 aliphatic rings. The molecule has 0 amide bonds. The van der Waals surface area contributed by atoms with E-state index in [4.69, 9.17) is 5.11 Å². The van der Waals surface area contributed by atoms with Crippen molar-refractivity contribution in [3.8, 4) is 10.6 Å². The third kappa shape index (κ3) is 4.88. The van der Waals surface area contributed by atoms with E-state index in [9.17, 15) is 22.8 Å². The van der Waals surface area contributed by atoms with Crippen molar-refractivity contribution in [1.82, 2.24) is 4.98 Å². The Bertz CT molecular complexity index is 708. The summed E-state index contributed by atoms with van der Waals surface area (Å²) >= 11 is 1.22. The standard InChI is InChI=1S/C15H12F3NO3S/c16-15(17,18)10-3-1-9(2-4-10)14-19-11(8-23-14)7-12(20)5-6-13(21)22/h1-4,8H,5-7H2,(H,21,22). The number of carbonyl (C=O) groups is 2. The number of hydrogen-bond acceptors (Lipinski definition) is 4. The number of carboxylic acids is 1. The summed E-state index contributed by atoms with van der Waals surface area (Å²) in [6.45, 7) is 0. The number of Topliss-reactive ketones (excluding diaryl/α,β-unsaturated/α-hetero) is 1. The van der Waals surface area contributed by atoms with Gasteiger partial charge in [0.05, 0.1) is 17.7 Å². The summed E-state index contributed by atoms with van der Waals surface area (Å²) in [6, 6.07) is 4.62. The fourth-order valence-electron chi connectivity index (χ4n) is 1.86. The summed E-state index contributed by atoms with van der Waals surface area (Å²) in [4.78, 5) is 26.2. The van der Waals surface area contributed by atoms with Crippen molar-refractivity contribution in [2.24, 2.45) is 0 Å². The van der Waals surface area contributed by atoms with Crippen molar-refractivity contribution in [3.05, 3.63) is 40.9 Å². The Hall–Kier alpha value is -2.22. The van der Waals surface area contributed by atoms with Crippen LogP contribution in [-0.4, -0.2) is 21.8 Å². The average molecular weight is 343 g/mol. The van der Waals surface area contributed by atoms with Crippen LogP contribution in [0.5, 0.6) is 0 Å². The Labute approximate surface area is 133 Å². The lowest BCUT2D eigenvalue weighted by molar-refractivity contribution is -0.138. The van der Waals surface area contributed by atoms with Gasteiger partial charge in [-0.2, -0.15) is 13.2 Å². The Morgan fingerprint density at radius 3 is 2.35 bits per heavy atom. The molecular weight excluding hydrogens is 331 g/mol. The van der Waals surface area contributed by atoms with E-state index in [1.807, 2.05) is 0 Å². The van der Waals surface area contributed by atoms with Crippen LogP contribution in [0.1, 0.15) is 24.1 Å². The molecule has 4 nitrogen and oxygen atoms in total. The van der Waals surface area contributed by atoms with Gasteiger partial charge in [-0.05, 0) is 12.1 Å². The van der Waals surface area contributed by atoms with E-state index in [1.54, 1.807) is 5.38 Å². The van der Waals surface area contributed by atoms with E-state index >= 15 is 0 Å². The molecule has 1 heterocycles. The van der Waals surface area contributed by atoms with Gasteiger partial charge in [0.1, 0.15) is 10.8 Å². The van der Waals surface area contributed by atoms with Gasteiger partial charge in [0.2, 0.25) is 0 Å². The fraction of sp³-hybridized carbons (Fsp3) is 0.267. The molecule has 0 bridgehead atoms. The lowest BCUT2D eigenvalue weighted by Crippen LogP contribution is -2.06. The van der Waals surface area contributed by atoms with Crippen LogP contribution in [-0.2, 0) is 22.2 Å². The Balaban J connectivity index is 2.04. The molecule has 8 heteroatoms. The van der Waals surface area contributed by atoms with Crippen molar-refractivity contribution in [2.75, 3.05) is 0 Å². The first kappa shape index (κ1) is 17.1. The molecule has 0 aliphatic heterocycles. The quantitative estimate of drug-likeness (QED) is 0.866. The molecule has 0 fully saturated rings. The maximum atomic E-state index is 12.5. The lowest BCUT2D eigenvalue weighted by Gasteiger charge is -2.06. The number of aliphatic carboxylic acids is 1. The van der Waals surface area contributed by atoms with Crippen LogP contribution < -0.4 is 0 Å². The third-order valence-electron chi connectivity index (χ3n) is 3.01. The number of benzene rings is 1. The van der Waals surface area contributed by atoms with Crippen molar-refractivity contribution < 1.29 is 27.9 Å². The Morgan fingerprint density at radius 1 is 1.13 bits per heavy atom. The Kier molecular flexibility index (Phi) is 5.15. The molecule has 0 saturated carbocycles.